The standard InChI is InChI=1S/C7H9N.C3H7NO2.C2H6/c1-6-3-4-7(2)8-5-6;5-2-1-4-3-6;1-2/h3-5H,1-2H3;3,5H,1-2H2,(H,4,6);1-2H3. The molecule has 0 aromatic carbocycles. The zero-order valence-corrected chi connectivity index (χ0v) is 10.5. The molecule has 92 valence electrons. The van der Waals surface area contributed by atoms with Gasteiger partial charge in [0.2, 0.25) is 6.41 Å². The summed E-state index contributed by atoms with van der Waals surface area (Å²) in [6.45, 7) is 8.38. The fourth-order valence-electron chi connectivity index (χ4n) is 0.665. The molecule has 0 aliphatic heterocycles. The maximum atomic E-state index is 9.34. The van der Waals surface area contributed by atoms with Gasteiger partial charge in [-0.05, 0) is 25.5 Å². The number of aryl methyl sites for hydroxylation is 2. The van der Waals surface area contributed by atoms with E-state index < -0.39 is 0 Å². The van der Waals surface area contributed by atoms with Crippen LogP contribution < -0.4 is 5.32 Å². The van der Waals surface area contributed by atoms with Crippen molar-refractivity contribution in [2.75, 3.05) is 13.2 Å². The minimum atomic E-state index is 0.0126. The second-order valence-electron chi connectivity index (χ2n) is 2.77. The largest absolute Gasteiger partial charge is 0.395 e. The maximum absolute atomic E-state index is 9.34. The summed E-state index contributed by atoms with van der Waals surface area (Å²) >= 11 is 0. The van der Waals surface area contributed by atoms with E-state index in [0.717, 1.165) is 5.69 Å². The number of hydrogen-bond acceptors (Lipinski definition) is 3. The summed E-state index contributed by atoms with van der Waals surface area (Å²) in [7, 11) is 0. The Morgan fingerprint density at radius 2 is 2.00 bits per heavy atom. The van der Waals surface area contributed by atoms with Crippen molar-refractivity contribution in [3.8, 4) is 0 Å². The van der Waals surface area contributed by atoms with Crippen molar-refractivity contribution in [3.63, 3.8) is 0 Å². The first-order valence-corrected chi connectivity index (χ1v) is 5.38. The summed E-state index contributed by atoms with van der Waals surface area (Å²) < 4.78 is 0. The zero-order valence-electron chi connectivity index (χ0n) is 10.5. The lowest BCUT2D eigenvalue weighted by Crippen LogP contribution is -2.14. The third-order valence-electron chi connectivity index (χ3n) is 1.40. The number of nitrogens with zero attached hydrogens (tertiary/aromatic N) is 1. The molecule has 0 unspecified atom stereocenters. The Balaban J connectivity index is 0. The molecule has 0 saturated heterocycles. The molecule has 1 heterocycles. The number of hydrogen-bond donors (Lipinski definition) is 2. The smallest absolute Gasteiger partial charge is 0.207 e. The number of aliphatic hydroxyl groups excluding tert-OH is 1. The van der Waals surface area contributed by atoms with Crippen molar-refractivity contribution in [2.24, 2.45) is 0 Å². The highest BCUT2D eigenvalue weighted by atomic mass is 16.3. The van der Waals surface area contributed by atoms with E-state index in [1.54, 1.807) is 0 Å². The van der Waals surface area contributed by atoms with Crippen LogP contribution in [0.2, 0.25) is 0 Å². The number of nitrogens with one attached hydrogen (secondary N) is 1. The van der Waals surface area contributed by atoms with Gasteiger partial charge < -0.3 is 10.4 Å². The van der Waals surface area contributed by atoms with Gasteiger partial charge in [0.25, 0.3) is 0 Å². The van der Waals surface area contributed by atoms with Gasteiger partial charge in [-0.2, -0.15) is 0 Å². The van der Waals surface area contributed by atoms with Crippen LogP contribution in [0.5, 0.6) is 0 Å². The van der Waals surface area contributed by atoms with Crippen LogP contribution >= 0.6 is 0 Å². The lowest BCUT2D eigenvalue weighted by Gasteiger charge is -1.89. The first kappa shape index (κ1) is 17.0. The van der Waals surface area contributed by atoms with Gasteiger partial charge >= 0.3 is 0 Å². The molecule has 16 heavy (non-hydrogen) atoms. The van der Waals surface area contributed by atoms with Crippen LogP contribution in [0.4, 0.5) is 0 Å². The Kier molecular flexibility index (Phi) is 14.4. The molecule has 0 aliphatic carbocycles. The van der Waals surface area contributed by atoms with E-state index in [1.807, 2.05) is 40.0 Å². The fourth-order valence-corrected chi connectivity index (χ4v) is 0.665. The molecule has 0 saturated carbocycles. The summed E-state index contributed by atoms with van der Waals surface area (Å²) in [4.78, 5) is 13.4. The van der Waals surface area contributed by atoms with Crippen LogP contribution in [-0.2, 0) is 4.79 Å². The van der Waals surface area contributed by atoms with Crippen molar-refractivity contribution in [1.82, 2.24) is 10.3 Å². The van der Waals surface area contributed by atoms with Crippen LogP contribution in [0.25, 0.3) is 0 Å². The van der Waals surface area contributed by atoms with Crippen molar-refractivity contribution < 1.29 is 9.90 Å². The molecule has 4 nitrogen and oxygen atoms in total. The van der Waals surface area contributed by atoms with E-state index in [1.165, 1.54) is 5.56 Å². The Morgan fingerprint density at radius 3 is 2.25 bits per heavy atom. The quantitative estimate of drug-likeness (QED) is 0.605. The van der Waals surface area contributed by atoms with Crippen LogP contribution in [0, 0.1) is 13.8 Å². The number of aliphatic hydroxyl groups is 1. The van der Waals surface area contributed by atoms with Crippen LogP contribution in [0.1, 0.15) is 25.1 Å². The molecule has 0 bridgehead atoms. The summed E-state index contributed by atoms with van der Waals surface area (Å²) in [5, 5.41) is 10.2. The predicted molar refractivity (Wildman–Crippen MR) is 66.2 cm³/mol. The first-order chi connectivity index (χ1) is 7.70. The van der Waals surface area contributed by atoms with Gasteiger partial charge in [-0.1, -0.05) is 19.9 Å². The van der Waals surface area contributed by atoms with Crippen molar-refractivity contribution >= 4 is 6.41 Å². The Hall–Kier alpha value is -1.42. The predicted octanol–water partition coefficient (Wildman–Crippen LogP) is 1.45. The summed E-state index contributed by atoms with van der Waals surface area (Å²) in [5.74, 6) is 0. The molecule has 0 atom stereocenters. The molecule has 0 fully saturated rings. The molecule has 1 amide bonds. The molecular formula is C12H22N2O2. The average Bonchev–Trinajstić information content (AvgIpc) is 2.34. The van der Waals surface area contributed by atoms with Gasteiger partial charge in [-0.15, -0.1) is 0 Å². The molecule has 2 N–H and O–H groups in total. The highest BCUT2D eigenvalue weighted by molar-refractivity contribution is 5.45. The summed E-state index contributed by atoms with van der Waals surface area (Å²) in [6.07, 6.45) is 2.42. The molecular weight excluding hydrogens is 204 g/mol. The van der Waals surface area contributed by atoms with E-state index in [2.05, 4.69) is 16.4 Å². The number of amides is 1. The van der Waals surface area contributed by atoms with E-state index in [9.17, 15) is 4.79 Å². The molecule has 4 heteroatoms. The zero-order chi connectivity index (χ0) is 12.8. The van der Waals surface area contributed by atoms with Crippen LogP contribution in [0.3, 0.4) is 0 Å². The van der Waals surface area contributed by atoms with E-state index in [-0.39, 0.29) is 6.61 Å². The lowest BCUT2D eigenvalue weighted by molar-refractivity contribution is -0.109. The van der Waals surface area contributed by atoms with Gasteiger partial charge in [0.1, 0.15) is 0 Å². The van der Waals surface area contributed by atoms with E-state index in [0.29, 0.717) is 13.0 Å². The summed E-state index contributed by atoms with van der Waals surface area (Å²) in [5.41, 5.74) is 2.30. The van der Waals surface area contributed by atoms with Crippen LogP contribution in [-0.4, -0.2) is 29.7 Å². The number of rotatable bonds is 3. The van der Waals surface area contributed by atoms with E-state index >= 15 is 0 Å². The van der Waals surface area contributed by atoms with E-state index in [4.69, 9.17) is 5.11 Å². The highest BCUT2D eigenvalue weighted by Crippen LogP contribution is 1.94. The molecule has 0 radical (unpaired) electrons. The molecule has 0 spiro atoms. The average molecular weight is 226 g/mol. The normalized spacial score (nSPS) is 7.81. The number of aromatic nitrogens is 1. The number of carbonyl (C=O) groups excluding carboxylic acids is 1. The molecule has 1 rings (SSSR count). The number of carbonyl (C=O) groups is 1. The lowest BCUT2D eigenvalue weighted by atomic mass is 10.3. The second kappa shape index (κ2) is 13.6. The second-order valence-corrected chi connectivity index (χ2v) is 2.77. The SMILES string of the molecule is CC.Cc1ccc(C)nc1.O=CNCCO. The highest BCUT2D eigenvalue weighted by Gasteiger charge is 1.81. The number of pyridine rings is 1. The van der Waals surface area contributed by atoms with Crippen molar-refractivity contribution in [2.45, 2.75) is 27.7 Å². The summed E-state index contributed by atoms with van der Waals surface area (Å²) in [6, 6.07) is 4.07. The minimum Gasteiger partial charge on any atom is -0.395 e. The molecule has 1 aromatic heterocycles. The van der Waals surface area contributed by atoms with Gasteiger partial charge in [-0.25, -0.2) is 0 Å². The van der Waals surface area contributed by atoms with Gasteiger partial charge in [-0.3, -0.25) is 9.78 Å². The Labute approximate surface area is 97.7 Å². The third-order valence-corrected chi connectivity index (χ3v) is 1.40. The van der Waals surface area contributed by atoms with Crippen LogP contribution in [0.15, 0.2) is 18.3 Å². The molecule has 1 aromatic rings. The van der Waals surface area contributed by atoms with Gasteiger partial charge in [0.15, 0.2) is 0 Å². The Bertz CT molecular complexity index is 227. The fraction of sp³-hybridized carbons (Fsp3) is 0.500. The third kappa shape index (κ3) is 12.6. The van der Waals surface area contributed by atoms with Crippen molar-refractivity contribution in [3.05, 3.63) is 29.6 Å². The van der Waals surface area contributed by atoms with Gasteiger partial charge in [0.05, 0.1) is 6.61 Å². The maximum Gasteiger partial charge on any atom is 0.207 e. The minimum absolute atomic E-state index is 0.0126. The van der Waals surface area contributed by atoms with Gasteiger partial charge in [0, 0.05) is 18.4 Å². The van der Waals surface area contributed by atoms with Crippen molar-refractivity contribution in [1.29, 1.82) is 0 Å². The molecule has 0 aliphatic rings. The Morgan fingerprint density at radius 1 is 1.38 bits per heavy atom. The topological polar surface area (TPSA) is 62.2 Å². The first-order valence-electron chi connectivity index (χ1n) is 5.38. The monoisotopic (exact) mass is 226 g/mol.